The Labute approximate surface area is 107 Å². The van der Waals surface area contributed by atoms with Crippen LogP contribution in [-0.2, 0) is 14.3 Å². The first-order valence-electron chi connectivity index (χ1n) is 4.87. The van der Waals surface area contributed by atoms with E-state index in [9.17, 15) is 4.79 Å². The Morgan fingerprint density at radius 2 is 2.38 bits per heavy atom. The number of carbonyl (C=O) groups is 1. The fourth-order valence-corrected chi connectivity index (χ4v) is 1.61. The summed E-state index contributed by atoms with van der Waals surface area (Å²) in [4.78, 5) is 15.8. The molecule has 1 aliphatic rings. The second-order valence-electron chi connectivity index (χ2n) is 3.29. The molecule has 0 aromatic carbocycles. The van der Waals surface area contributed by atoms with Gasteiger partial charge in [0.15, 0.2) is 6.10 Å². The molecule has 86 valence electrons. The lowest BCUT2D eigenvalue weighted by Gasteiger charge is -2.21. The quantitative estimate of drug-likeness (QED) is 0.821. The van der Waals surface area contributed by atoms with Gasteiger partial charge in [0, 0.05) is 9.77 Å². The second-order valence-corrected chi connectivity index (χ2v) is 4.53. The largest absolute Gasteiger partial charge is 0.376 e. The van der Waals surface area contributed by atoms with Crippen LogP contribution < -0.4 is 5.32 Å². The monoisotopic (exact) mass is 334 g/mol. The Hall–Kier alpha value is -0.730. The molecule has 0 aliphatic carbocycles. The molecule has 5 nitrogen and oxygen atoms in total. The third-order valence-electron chi connectivity index (χ3n) is 2.09. The summed E-state index contributed by atoms with van der Waals surface area (Å²) in [5.41, 5.74) is 0. The van der Waals surface area contributed by atoms with E-state index in [1.54, 1.807) is 12.3 Å². The Balaban J connectivity index is 1.93. The summed E-state index contributed by atoms with van der Waals surface area (Å²) >= 11 is 2.15. The summed E-state index contributed by atoms with van der Waals surface area (Å²) in [6, 6.07) is 3.63. The summed E-state index contributed by atoms with van der Waals surface area (Å²) in [7, 11) is 0. The van der Waals surface area contributed by atoms with Gasteiger partial charge in [-0.05, 0) is 34.7 Å². The van der Waals surface area contributed by atoms with Gasteiger partial charge in [-0.15, -0.1) is 0 Å². The molecule has 1 aliphatic heterocycles. The van der Waals surface area contributed by atoms with Crippen molar-refractivity contribution in [1.29, 1.82) is 0 Å². The van der Waals surface area contributed by atoms with Crippen LogP contribution in [-0.4, -0.2) is 36.8 Å². The van der Waals surface area contributed by atoms with Crippen LogP contribution in [0.4, 0.5) is 5.82 Å². The van der Waals surface area contributed by atoms with Gasteiger partial charge >= 0.3 is 0 Å². The van der Waals surface area contributed by atoms with Crippen molar-refractivity contribution in [3.63, 3.8) is 0 Å². The van der Waals surface area contributed by atoms with Crippen molar-refractivity contribution < 1.29 is 14.3 Å². The highest BCUT2D eigenvalue weighted by Crippen LogP contribution is 2.09. The molecule has 1 amide bonds. The molecule has 1 N–H and O–H groups in total. The Morgan fingerprint density at radius 3 is 3.00 bits per heavy atom. The van der Waals surface area contributed by atoms with Crippen molar-refractivity contribution in [2.45, 2.75) is 6.10 Å². The highest BCUT2D eigenvalue weighted by molar-refractivity contribution is 14.1. The number of nitrogens with one attached hydrogen (secondary N) is 1. The molecule has 1 atom stereocenters. The highest BCUT2D eigenvalue weighted by atomic mass is 127. The Kier molecular flexibility index (Phi) is 4.08. The van der Waals surface area contributed by atoms with Gasteiger partial charge in [0.2, 0.25) is 0 Å². The van der Waals surface area contributed by atoms with Crippen LogP contribution in [0.1, 0.15) is 0 Å². The Bertz CT molecular complexity index is 363. The summed E-state index contributed by atoms with van der Waals surface area (Å²) in [5.74, 6) is 0.313. The number of anilines is 1. The molecule has 1 fully saturated rings. The van der Waals surface area contributed by atoms with E-state index >= 15 is 0 Å². The number of hydrogen-bond donors (Lipinski definition) is 1. The topological polar surface area (TPSA) is 60.5 Å². The minimum Gasteiger partial charge on any atom is -0.376 e. The molecule has 0 spiro atoms. The van der Waals surface area contributed by atoms with Gasteiger partial charge in [0.25, 0.3) is 5.91 Å². The number of ether oxygens (including phenoxy) is 2. The molecule has 0 saturated carbocycles. The van der Waals surface area contributed by atoms with Gasteiger partial charge in [-0.1, -0.05) is 0 Å². The molecule has 0 bridgehead atoms. The average Bonchev–Trinajstić information content (AvgIpc) is 2.33. The predicted molar refractivity (Wildman–Crippen MR) is 66.1 cm³/mol. The van der Waals surface area contributed by atoms with E-state index in [0.29, 0.717) is 25.6 Å². The molecule has 16 heavy (non-hydrogen) atoms. The van der Waals surface area contributed by atoms with E-state index < -0.39 is 6.10 Å². The Morgan fingerprint density at radius 1 is 1.50 bits per heavy atom. The van der Waals surface area contributed by atoms with Gasteiger partial charge in [-0.2, -0.15) is 0 Å². The second kappa shape index (κ2) is 5.55. The molecule has 1 aromatic heterocycles. The maximum absolute atomic E-state index is 11.7. The van der Waals surface area contributed by atoms with E-state index in [1.165, 1.54) is 0 Å². The maximum Gasteiger partial charge on any atom is 0.257 e. The zero-order valence-electron chi connectivity index (χ0n) is 8.48. The van der Waals surface area contributed by atoms with Crippen LogP contribution in [0.3, 0.4) is 0 Å². The zero-order valence-corrected chi connectivity index (χ0v) is 10.6. The van der Waals surface area contributed by atoms with E-state index in [0.717, 1.165) is 3.57 Å². The zero-order chi connectivity index (χ0) is 11.4. The van der Waals surface area contributed by atoms with Gasteiger partial charge in [-0.25, -0.2) is 4.98 Å². The van der Waals surface area contributed by atoms with Crippen LogP contribution in [0.15, 0.2) is 18.3 Å². The van der Waals surface area contributed by atoms with Crippen LogP contribution in [0.5, 0.6) is 0 Å². The third kappa shape index (κ3) is 3.13. The van der Waals surface area contributed by atoms with E-state index in [4.69, 9.17) is 9.47 Å². The number of hydrogen-bond acceptors (Lipinski definition) is 4. The van der Waals surface area contributed by atoms with Crippen LogP contribution in [0.25, 0.3) is 0 Å². The third-order valence-corrected chi connectivity index (χ3v) is 2.73. The lowest BCUT2D eigenvalue weighted by atomic mass is 10.3. The predicted octanol–water partition coefficient (Wildman–Crippen LogP) is 1.04. The fraction of sp³-hybridized carbons (Fsp3) is 0.400. The number of carbonyl (C=O) groups excluding carboxylic acids is 1. The lowest BCUT2D eigenvalue weighted by molar-refractivity contribution is -0.142. The lowest BCUT2D eigenvalue weighted by Crippen LogP contribution is -2.39. The van der Waals surface area contributed by atoms with Crippen molar-refractivity contribution >= 4 is 34.3 Å². The van der Waals surface area contributed by atoms with Crippen molar-refractivity contribution in [3.8, 4) is 0 Å². The molecule has 2 heterocycles. The summed E-state index contributed by atoms with van der Waals surface area (Å²) in [6.07, 6.45) is 1.16. The van der Waals surface area contributed by atoms with Crippen LogP contribution in [0, 0.1) is 3.57 Å². The van der Waals surface area contributed by atoms with Crippen LogP contribution >= 0.6 is 22.6 Å². The first kappa shape index (κ1) is 11.7. The number of rotatable bonds is 2. The number of amides is 1. The van der Waals surface area contributed by atoms with E-state index in [-0.39, 0.29) is 5.91 Å². The van der Waals surface area contributed by atoms with Crippen molar-refractivity contribution in [2.75, 3.05) is 25.1 Å². The van der Waals surface area contributed by atoms with E-state index in [1.807, 2.05) is 6.07 Å². The standard InChI is InChI=1S/C10H11IN2O3/c11-7-1-2-9(12-5-7)13-10(14)8-6-15-3-4-16-8/h1-2,5,8H,3-4,6H2,(H,12,13,14). The number of aromatic nitrogens is 1. The molecule has 1 saturated heterocycles. The number of nitrogens with zero attached hydrogens (tertiary/aromatic N) is 1. The fourth-order valence-electron chi connectivity index (χ4n) is 1.30. The number of pyridine rings is 1. The molecule has 2 rings (SSSR count). The van der Waals surface area contributed by atoms with Crippen LogP contribution in [0.2, 0.25) is 0 Å². The average molecular weight is 334 g/mol. The first-order chi connectivity index (χ1) is 7.75. The number of halogens is 1. The molecule has 1 unspecified atom stereocenters. The van der Waals surface area contributed by atoms with Gasteiger partial charge < -0.3 is 14.8 Å². The van der Waals surface area contributed by atoms with Crippen molar-refractivity contribution in [2.24, 2.45) is 0 Å². The van der Waals surface area contributed by atoms with Gasteiger partial charge in [0.05, 0.1) is 19.8 Å². The molecular formula is C10H11IN2O3. The smallest absolute Gasteiger partial charge is 0.257 e. The van der Waals surface area contributed by atoms with E-state index in [2.05, 4.69) is 32.9 Å². The molecule has 0 radical (unpaired) electrons. The SMILES string of the molecule is O=C(Nc1ccc(I)cn1)C1COCCO1. The first-order valence-corrected chi connectivity index (χ1v) is 5.95. The minimum atomic E-state index is -0.533. The van der Waals surface area contributed by atoms with Crippen molar-refractivity contribution in [3.05, 3.63) is 21.9 Å². The maximum atomic E-state index is 11.7. The van der Waals surface area contributed by atoms with Crippen molar-refractivity contribution in [1.82, 2.24) is 4.98 Å². The summed E-state index contributed by atoms with van der Waals surface area (Å²) < 4.78 is 11.4. The highest BCUT2D eigenvalue weighted by Gasteiger charge is 2.22. The van der Waals surface area contributed by atoms with Gasteiger partial charge in [-0.3, -0.25) is 4.79 Å². The molecular weight excluding hydrogens is 323 g/mol. The summed E-state index contributed by atoms with van der Waals surface area (Å²) in [5, 5.41) is 2.68. The normalized spacial score (nSPS) is 20.4. The summed E-state index contributed by atoms with van der Waals surface area (Å²) in [6.45, 7) is 1.31. The molecule has 1 aromatic rings. The minimum absolute atomic E-state index is 0.214. The van der Waals surface area contributed by atoms with Gasteiger partial charge in [0.1, 0.15) is 5.82 Å². The molecule has 6 heteroatoms.